The Morgan fingerprint density at radius 3 is 3.06 bits per heavy atom. The Morgan fingerprint density at radius 1 is 1.59 bits per heavy atom. The number of sulfone groups is 1. The highest BCUT2D eigenvalue weighted by atomic mass is 32.2. The zero-order chi connectivity index (χ0) is 12.3. The van der Waals surface area contributed by atoms with E-state index in [9.17, 15) is 8.42 Å². The molecule has 2 heterocycles. The molecule has 2 rings (SSSR count). The lowest BCUT2D eigenvalue weighted by molar-refractivity contribution is 0.596. The molecule has 1 aromatic rings. The Hall–Kier alpha value is -1.61. The van der Waals surface area contributed by atoms with E-state index in [1.165, 1.54) is 0 Å². The van der Waals surface area contributed by atoms with Crippen LogP contribution in [0.25, 0.3) is 0 Å². The van der Waals surface area contributed by atoms with Crippen molar-refractivity contribution in [1.82, 2.24) is 4.98 Å². The molecule has 6 heteroatoms. The lowest BCUT2D eigenvalue weighted by atomic mass is 10.1. The average molecular weight is 251 g/mol. The molecule has 0 spiro atoms. The first-order valence-corrected chi connectivity index (χ1v) is 7.22. The zero-order valence-electron chi connectivity index (χ0n) is 9.26. The summed E-state index contributed by atoms with van der Waals surface area (Å²) in [6, 6.07) is 5.39. The van der Waals surface area contributed by atoms with Crippen LogP contribution in [0.1, 0.15) is 12.1 Å². The van der Waals surface area contributed by atoms with Crippen LogP contribution in [0.5, 0.6) is 0 Å². The van der Waals surface area contributed by atoms with Gasteiger partial charge in [-0.3, -0.25) is 0 Å². The van der Waals surface area contributed by atoms with E-state index >= 15 is 0 Å². The summed E-state index contributed by atoms with van der Waals surface area (Å²) in [7, 11) is -2.82. The molecular weight excluding hydrogens is 238 g/mol. The van der Waals surface area contributed by atoms with E-state index in [4.69, 9.17) is 5.26 Å². The third-order valence-corrected chi connectivity index (χ3v) is 4.63. The second-order valence-corrected chi connectivity index (χ2v) is 6.42. The van der Waals surface area contributed by atoms with Crippen molar-refractivity contribution < 1.29 is 8.42 Å². The van der Waals surface area contributed by atoms with Gasteiger partial charge in [-0.25, -0.2) is 13.4 Å². The van der Waals surface area contributed by atoms with Gasteiger partial charge in [-0.1, -0.05) is 0 Å². The summed E-state index contributed by atoms with van der Waals surface area (Å²) in [5, 5.41) is 11.8. The Bertz CT molecular complexity index is 548. The van der Waals surface area contributed by atoms with Gasteiger partial charge in [-0.05, 0) is 24.5 Å². The zero-order valence-corrected chi connectivity index (χ0v) is 10.1. The topological polar surface area (TPSA) is 82.9 Å². The highest BCUT2D eigenvalue weighted by Crippen LogP contribution is 2.19. The third-order valence-electron chi connectivity index (χ3n) is 2.80. The maximum absolute atomic E-state index is 11.3. The van der Waals surface area contributed by atoms with Crippen LogP contribution in [-0.2, 0) is 9.84 Å². The number of hydrogen-bond donors (Lipinski definition) is 1. The summed E-state index contributed by atoms with van der Waals surface area (Å²) in [5.41, 5.74) is 1.16. The lowest BCUT2D eigenvalue weighted by Gasteiger charge is -2.10. The van der Waals surface area contributed by atoms with Gasteiger partial charge in [0.25, 0.3) is 0 Å². The summed E-state index contributed by atoms with van der Waals surface area (Å²) >= 11 is 0. The standard InChI is InChI=1S/C11H13N3O2S/c12-6-11-5-10(1-3-13-11)14-7-9-2-4-17(15,16)8-9/h1,3,5,9H,2,4,7-8H2,(H,13,14). The molecule has 0 amide bonds. The quantitative estimate of drug-likeness (QED) is 0.859. The van der Waals surface area contributed by atoms with Gasteiger partial charge in [0.1, 0.15) is 11.8 Å². The SMILES string of the molecule is N#Cc1cc(NCC2CCS(=O)(=O)C2)ccn1. The largest absolute Gasteiger partial charge is 0.385 e. The molecule has 1 aliphatic rings. The minimum Gasteiger partial charge on any atom is -0.385 e. The minimum atomic E-state index is -2.82. The number of nitrogens with one attached hydrogen (secondary N) is 1. The van der Waals surface area contributed by atoms with Crippen LogP contribution in [-0.4, -0.2) is 31.5 Å². The van der Waals surface area contributed by atoms with Crippen LogP contribution in [0.4, 0.5) is 5.69 Å². The maximum Gasteiger partial charge on any atom is 0.150 e. The van der Waals surface area contributed by atoms with Crippen molar-refractivity contribution in [2.45, 2.75) is 6.42 Å². The van der Waals surface area contributed by atoms with Crippen molar-refractivity contribution in [3.8, 4) is 6.07 Å². The second kappa shape index (κ2) is 4.72. The number of nitriles is 1. The summed E-state index contributed by atoms with van der Waals surface area (Å²) in [6.45, 7) is 0.619. The number of anilines is 1. The van der Waals surface area contributed by atoms with Crippen LogP contribution >= 0.6 is 0 Å². The molecule has 1 unspecified atom stereocenters. The molecule has 0 aromatic carbocycles. The fourth-order valence-electron chi connectivity index (χ4n) is 1.90. The number of nitrogens with zero attached hydrogens (tertiary/aromatic N) is 2. The fraction of sp³-hybridized carbons (Fsp3) is 0.455. The van der Waals surface area contributed by atoms with E-state index in [1.54, 1.807) is 18.3 Å². The molecule has 1 aromatic heterocycles. The van der Waals surface area contributed by atoms with Crippen LogP contribution < -0.4 is 5.32 Å². The number of rotatable bonds is 3. The molecule has 0 radical (unpaired) electrons. The molecule has 1 N–H and O–H groups in total. The van der Waals surface area contributed by atoms with E-state index in [-0.39, 0.29) is 11.7 Å². The Balaban J connectivity index is 1.93. The van der Waals surface area contributed by atoms with Gasteiger partial charge in [0.05, 0.1) is 11.5 Å². The van der Waals surface area contributed by atoms with E-state index < -0.39 is 9.84 Å². The van der Waals surface area contributed by atoms with Crippen LogP contribution in [0.2, 0.25) is 0 Å². The van der Waals surface area contributed by atoms with Crippen molar-refractivity contribution in [3.63, 3.8) is 0 Å². The number of aromatic nitrogens is 1. The third kappa shape index (κ3) is 3.17. The molecule has 1 fully saturated rings. The van der Waals surface area contributed by atoms with Crippen molar-refractivity contribution in [2.24, 2.45) is 5.92 Å². The molecular formula is C11H13N3O2S. The highest BCUT2D eigenvalue weighted by molar-refractivity contribution is 7.91. The van der Waals surface area contributed by atoms with Gasteiger partial charge in [0.15, 0.2) is 9.84 Å². The highest BCUT2D eigenvalue weighted by Gasteiger charge is 2.27. The minimum absolute atomic E-state index is 0.165. The van der Waals surface area contributed by atoms with E-state index in [2.05, 4.69) is 10.3 Å². The van der Waals surface area contributed by atoms with Crippen molar-refractivity contribution in [1.29, 1.82) is 5.26 Å². The fourth-order valence-corrected chi connectivity index (χ4v) is 3.76. The Labute approximate surface area is 100 Å². The van der Waals surface area contributed by atoms with Gasteiger partial charge >= 0.3 is 0 Å². The Kier molecular flexibility index (Phi) is 3.29. The van der Waals surface area contributed by atoms with E-state index in [0.29, 0.717) is 24.4 Å². The predicted molar refractivity (Wildman–Crippen MR) is 64.2 cm³/mol. The second-order valence-electron chi connectivity index (χ2n) is 4.19. The monoisotopic (exact) mass is 251 g/mol. The predicted octanol–water partition coefficient (Wildman–Crippen LogP) is 0.800. The van der Waals surface area contributed by atoms with Gasteiger partial charge < -0.3 is 5.32 Å². The normalized spacial score (nSPS) is 21.9. The number of pyridine rings is 1. The molecule has 5 nitrogen and oxygen atoms in total. The molecule has 17 heavy (non-hydrogen) atoms. The lowest BCUT2D eigenvalue weighted by Crippen LogP contribution is -2.15. The first-order chi connectivity index (χ1) is 8.09. The van der Waals surface area contributed by atoms with Gasteiger partial charge in [-0.15, -0.1) is 0 Å². The van der Waals surface area contributed by atoms with Crippen LogP contribution in [0.3, 0.4) is 0 Å². The van der Waals surface area contributed by atoms with Crippen molar-refractivity contribution >= 4 is 15.5 Å². The van der Waals surface area contributed by atoms with Gasteiger partial charge in [-0.2, -0.15) is 5.26 Å². The molecule has 0 aliphatic carbocycles. The molecule has 1 saturated heterocycles. The summed E-state index contributed by atoms with van der Waals surface area (Å²) < 4.78 is 22.5. The Morgan fingerprint density at radius 2 is 2.41 bits per heavy atom. The maximum atomic E-state index is 11.3. The average Bonchev–Trinajstić information content (AvgIpc) is 2.67. The molecule has 90 valence electrons. The van der Waals surface area contributed by atoms with Crippen molar-refractivity contribution in [2.75, 3.05) is 23.4 Å². The van der Waals surface area contributed by atoms with Gasteiger partial charge in [0, 0.05) is 18.4 Å². The van der Waals surface area contributed by atoms with Crippen molar-refractivity contribution in [3.05, 3.63) is 24.0 Å². The summed E-state index contributed by atoms with van der Waals surface area (Å²) in [4.78, 5) is 3.86. The smallest absolute Gasteiger partial charge is 0.150 e. The molecule has 1 aliphatic heterocycles. The van der Waals surface area contributed by atoms with E-state index in [1.807, 2.05) is 6.07 Å². The first kappa shape index (κ1) is 11.9. The van der Waals surface area contributed by atoms with Gasteiger partial charge in [0.2, 0.25) is 0 Å². The van der Waals surface area contributed by atoms with Crippen LogP contribution in [0.15, 0.2) is 18.3 Å². The van der Waals surface area contributed by atoms with Crippen LogP contribution in [0, 0.1) is 17.2 Å². The number of hydrogen-bond acceptors (Lipinski definition) is 5. The molecule has 0 saturated carbocycles. The first-order valence-electron chi connectivity index (χ1n) is 5.39. The summed E-state index contributed by atoms with van der Waals surface area (Å²) in [5.74, 6) is 0.716. The van der Waals surface area contributed by atoms with E-state index in [0.717, 1.165) is 5.69 Å². The summed E-state index contributed by atoms with van der Waals surface area (Å²) in [6.07, 6.45) is 2.28. The molecule has 1 atom stereocenters. The molecule has 0 bridgehead atoms.